The van der Waals surface area contributed by atoms with Gasteiger partial charge in [-0.1, -0.05) is 11.6 Å². The van der Waals surface area contributed by atoms with Crippen LogP contribution in [0.25, 0.3) is 0 Å². The third-order valence-electron chi connectivity index (χ3n) is 2.94. The molecule has 3 N–H and O–H groups in total. The van der Waals surface area contributed by atoms with Crippen LogP contribution in [0.5, 0.6) is 0 Å². The zero-order valence-corrected chi connectivity index (χ0v) is 13.7. The lowest BCUT2D eigenvalue weighted by Gasteiger charge is -2.08. The van der Waals surface area contributed by atoms with Gasteiger partial charge in [0.1, 0.15) is 6.42 Å². The second-order valence-corrected chi connectivity index (χ2v) is 5.47. The highest BCUT2D eigenvalue weighted by atomic mass is 35.5. The fraction of sp³-hybridized carbons (Fsp3) is 0.118. The summed E-state index contributed by atoms with van der Waals surface area (Å²) in [6.07, 6.45) is -0.309. The summed E-state index contributed by atoms with van der Waals surface area (Å²) >= 11 is 5.76. The minimum Gasteiger partial charge on any atom is -0.326 e. The van der Waals surface area contributed by atoms with Crippen LogP contribution in [0.3, 0.4) is 0 Å². The largest absolute Gasteiger partial charge is 0.326 e. The van der Waals surface area contributed by atoms with E-state index in [1.165, 1.54) is 6.92 Å². The molecular weight excluding hydrogens is 330 g/mol. The fourth-order valence-electron chi connectivity index (χ4n) is 1.93. The molecule has 0 radical (unpaired) electrons. The average molecular weight is 346 g/mol. The minimum atomic E-state index is -0.436. The molecule has 0 heterocycles. The minimum absolute atomic E-state index is 0.175. The van der Waals surface area contributed by atoms with E-state index in [2.05, 4.69) is 16.0 Å². The second kappa shape index (κ2) is 8.12. The molecule has 124 valence electrons. The third kappa shape index (κ3) is 5.73. The summed E-state index contributed by atoms with van der Waals surface area (Å²) < 4.78 is 0. The molecule has 0 unspecified atom stereocenters. The Morgan fingerprint density at radius 1 is 0.750 bits per heavy atom. The number of carbonyl (C=O) groups is 3. The first-order valence-electron chi connectivity index (χ1n) is 7.15. The van der Waals surface area contributed by atoms with Crippen LogP contribution < -0.4 is 16.0 Å². The molecule has 0 aliphatic rings. The zero-order chi connectivity index (χ0) is 17.5. The van der Waals surface area contributed by atoms with E-state index in [-0.39, 0.29) is 12.3 Å². The Labute approximate surface area is 144 Å². The molecule has 0 atom stereocenters. The topological polar surface area (TPSA) is 87.3 Å². The molecule has 6 nitrogen and oxygen atoms in total. The molecule has 2 rings (SSSR count). The van der Waals surface area contributed by atoms with Gasteiger partial charge in [-0.15, -0.1) is 0 Å². The molecule has 2 aromatic rings. The molecule has 0 spiro atoms. The van der Waals surface area contributed by atoms with Gasteiger partial charge in [0.25, 0.3) is 0 Å². The monoisotopic (exact) mass is 345 g/mol. The normalized spacial score (nSPS) is 9.92. The highest BCUT2D eigenvalue weighted by Crippen LogP contribution is 2.15. The standard InChI is InChI=1S/C17H16ClN3O3/c1-11(22)19-13-6-8-15(9-7-13)21-17(24)10-16(23)20-14-4-2-12(18)3-5-14/h2-9H,10H2,1H3,(H,19,22)(H,20,23)(H,21,24). The van der Waals surface area contributed by atoms with Crippen molar-refractivity contribution in [1.82, 2.24) is 0 Å². The molecule has 2 aromatic carbocycles. The summed E-state index contributed by atoms with van der Waals surface area (Å²) in [5.41, 5.74) is 1.73. The molecular formula is C17H16ClN3O3. The van der Waals surface area contributed by atoms with Crippen molar-refractivity contribution in [3.8, 4) is 0 Å². The van der Waals surface area contributed by atoms with Gasteiger partial charge in [0.2, 0.25) is 17.7 Å². The summed E-state index contributed by atoms with van der Waals surface area (Å²) in [7, 11) is 0. The Balaban J connectivity index is 1.84. The van der Waals surface area contributed by atoms with Crippen LogP contribution in [0.1, 0.15) is 13.3 Å². The van der Waals surface area contributed by atoms with Gasteiger partial charge in [0, 0.05) is 29.0 Å². The fourth-order valence-corrected chi connectivity index (χ4v) is 2.06. The van der Waals surface area contributed by atoms with Crippen LogP contribution in [0, 0.1) is 0 Å². The lowest BCUT2D eigenvalue weighted by Crippen LogP contribution is -2.21. The number of hydrogen-bond acceptors (Lipinski definition) is 3. The van der Waals surface area contributed by atoms with E-state index in [0.717, 1.165) is 0 Å². The van der Waals surface area contributed by atoms with Gasteiger partial charge in [0.15, 0.2) is 0 Å². The van der Waals surface area contributed by atoms with E-state index in [1.807, 2.05) is 0 Å². The highest BCUT2D eigenvalue weighted by Gasteiger charge is 2.10. The number of halogens is 1. The van der Waals surface area contributed by atoms with E-state index in [9.17, 15) is 14.4 Å². The average Bonchev–Trinajstić information content (AvgIpc) is 2.51. The summed E-state index contributed by atoms with van der Waals surface area (Å²) in [5, 5.41) is 8.41. The first-order chi connectivity index (χ1) is 11.4. The van der Waals surface area contributed by atoms with Gasteiger partial charge in [-0.05, 0) is 48.5 Å². The number of hydrogen-bond donors (Lipinski definition) is 3. The van der Waals surface area contributed by atoms with Crippen molar-refractivity contribution < 1.29 is 14.4 Å². The lowest BCUT2D eigenvalue weighted by molar-refractivity contribution is -0.123. The van der Waals surface area contributed by atoms with Gasteiger partial charge >= 0.3 is 0 Å². The first-order valence-corrected chi connectivity index (χ1v) is 7.53. The predicted octanol–water partition coefficient (Wildman–Crippen LogP) is 3.27. The van der Waals surface area contributed by atoms with Crippen molar-refractivity contribution in [2.45, 2.75) is 13.3 Å². The van der Waals surface area contributed by atoms with Gasteiger partial charge in [-0.25, -0.2) is 0 Å². The molecule has 24 heavy (non-hydrogen) atoms. The van der Waals surface area contributed by atoms with Crippen molar-refractivity contribution >= 4 is 46.4 Å². The number of rotatable bonds is 5. The van der Waals surface area contributed by atoms with Crippen molar-refractivity contribution in [1.29, 1.82) is 0 Å². The molecule has 0 saturated heterocycles. The van der Waals surface area contributed by atoms with Gasteiger partial charge in [-0.2, -0.15) is 0 Å². The maximum atomic E-state index is 11.9. The molecule has 0 saturated carbocycles. The van der Waals surface area contributed by atoms with Crippen molar-refractivity contribution in [2.24, 2.45) is 0 Å². The van der Waals surface area contributed by atoms with E-state index >= 15 is 0 Å². The van der Waals surface area contributed by atoms with Crippen molar-refractivity contribution in [3.63, 3.8) is 0 Å². The summed E-state index contributed by atoms with van der Waals surface area (Å²) in [5.74, 6) is -1.04. The Hall–Kier alpha value is -2.86. The van der Waals surface area contributed by atoms with Crippen LogP contribution in [0.2, 0.25) is 5.02 Å². The lowest BCUT2D eigenvalue weighted by atomic mass is 10.2. The molecule has 0 aliphatic carbocycles. The molecule has 0 bridgehead atoms. The van der Waals surface area contributed by atoms with Crippen LogP contribution >= 0.6 is 11.6 Å². The van der Waals surface area contributed by atoms with E-state index < -0.39 is 11.8 Å². The molecule has 0 aromatic heterocycles. The summed E-state index contributed by atoms with van der Waals surface area (Å²) in [6.45, 7) is 1.41. The van der Waals surface area contributed by atoms with Crippen molar-refractivity contribution in [2.75, 3.05) is 16.0 Å². The Morgan fingerprint density at radius 2 is 1.12 bits per heavy atom. The number of anilines is 3. The van der Waals surface area contributed by atoms with Crippen LogP contribution in [-0.4, -0.2) is 17.7 Å². The quantitative estimate of drug-likeness (QED) is 0.727. The number of carbonyl (C=O) groups excluding carboxylic acids is 3. The zero-order valence-electron chi connectivity index (χ0n) is 12.9. The Kier molecular flexibility index (Phi) is 5.92. The van der Waals surface area contributed by atoms with Crippen LogP contribution in [0.4, 0.5) is 17.1 Å². The molecule has 7 heteroatoms. The highest BCUT2D eigenvalue weighted by molar-refractivity contribution is 6.30. The number of nitrogens with one attached hydrogen (secondary N) is 3. The Morgan fingerprint density at radius 3 is 1.54 bits per heavy atom. The smallest absolute Gasteiger partial charge is 0.233 e. The number of benzene rings is 2. The first kappa shape index (κ1) is 17.5. The molecule has 0 fully saturated rings. The van der Waals surface area contributed by atoms with Gasteiger partial charge in [0.05, 0.1) is 0 Å². The van der Waals surface area contributed by atoms with Gasteiger partial charge in [-0.3, -0.25) is 14.4 Å². The number of amides is 3. The molecule has 3 amide bonds. The van der Waals surface area contributed by atoms with E-state index in [4.69, 9.17) is 11.6 Å². The van der Waals surface area contributed by atoms with Crippen molar-refractivity contribution in [3.05, 3.63) is 53.6 Å². The van der Waals surface area contributed by atoms with E-state index in [1.54, 1.807) is 48.5 Å². The second-order valence-electron chi connectivity index (χ2n) is 5.04. The van der Waals surface area contributed by atoms with Crippen LogP contribution in [0.15, 0.2) is 48.5 Å². The predicted molar refractivity (Wildman–Crippen MR) is 94.1 cm³/mol. The summed E-state index contributed by atoms with van der Waals surface area (Å²) in [6, 6.07) is 13.2. The third-order valence-corrected chi connectivity index (χ3v) is 3.19. The SMILES string of the molecule is CC(=O)Nc1ccc(NC(=O)CC(=O)Nc2ccc(Cl)cc2)cc1. The van der Waals surface area contributed by atoms with Crippen LogP contribution in [-0.2, 0) is 14.4 Å². The van der Waals surface area contributed by atoms with E-state index in [0.29, 0.717) is 22.1 Å². The maximum absolute atomic E-state index is 11.9. The maximum Gasteiger partial charge on any atom is 0.233 e. The van der Waals surface area contributed by atoms with Gasteiger partial charge < -0.3 is 16.0 Å². The summed E-state index contributed by atoms with van der Waals surface area (Å²) in [4.78, 5) is 34.6. The Bertz CT molecular complexity index is 743. The molecule has 0 aliphatic heterocycles.